The number of hydrogen-bond donors (Lipinski definition) is 1. The van der Waals surface area contributed by atoms with Gasteiger partial charge in [-0.2, -0.15) is 5.26 Å². The summed E-state index contributed by atoms with van der Waals surface area (Å²) in [6, 6.07) is 3.66. The van der Waals surface area contributed by atoms with E-state index in [9.17, 15) is 4.79 Å². The molecule has 1 aromatic rings. The third-order valence-corrected chi connectivity index (χ3v) is 5.04. The Kier molecular flexibility index (Phi) is 6.68. The normalized spacial score (nSPS) is 18.3. The molecule has 1 aliphatic rings. The van der Waals surface area contributed by atoms with Crippen LogP contribution in [0.2, 0.25) is 5.15 Å². The van der Waals surface area contributed by atoms with Crippen LogP contribution in [0, 0.1) is 11.3 Å². The van der Waals surface area contributed by atoms with Crippen LogP contribution in [-0.2, 0) is 14.0 Å². The first-order valence-corrected chi connectivity index (χ1v) is 9.70. The number of aromatic nitrogens is 1. The molecule has 7 nitrogen and oxygen atoms in total. The van der Waals surface area contributed by atoms with E-state index in [4.69, 9.17) is 30.9 Å². The minimum Gasteiger partial charge on any atom is -0.444 e. The zero-order valence-electron chi connectivity index (χ0n) is 17.9. The summed E-state index contributed by atoms with van der Waals surface area (Å²) in [5.41, 5.74) is -0.214. The van der Waals surface area contributed by atoms with E-state index in [2.05, 4.69) is 10.3 Å². The Morgan fingerprint density at radius 2 is 1.93 bits per heavy atom. The molecular formula is C20H27BClN3O4. The topological polar surface area (TPSA) is 93.5 Å². The average Bonchev–Trinajstić information content (AvgIpc) is 2.79. The fraction of sp³-hybridized carbons (Fsp3) is 0.550. The summed E-state index contributed by atoms with van der Waals surface area (Å²) >= 11 is 6.21. The van der Waals surface area contributed by atoms with E-state index in [0.29, 0.717) is 16.6 Å². The number of ether oxygens (including phenoxy) is 1. The molecule has 0 aliphatic carbocycles. The summed E-state index contributed by atoms with van der Waals surface area (Å²) in [7, 11) is -0.711. The first kappa shape index (κ1) is 23.2. The highest BCUT2D eigenvalue weighted by molar-refractivity contribution is 6.56. The molecule has 156 valence electrons. The highest BCUT2D eigenvalue weighted by Gasteiger charge is 2.52. The second kappa shape index (κ2) is 8.35. The van der Waals surface area contributed by atoms with Gasteiger partial charge in [0, 0.05) is 18.3 Å². The lowest BCUT2D eigenvalue weighted by Crippen LogP contribution is -2.41. The van der Waals surface area contributed by atoms with E-state index in [1.165, 1.54) is 6.20 Å². The van der Waals surface area contributed by atoms with Gasteiger partial charge in [0.15, 0.2) is 0 Å². The Labute approximate surface area is 177 Å². The molecule has 1 aliphatic heterocycles. The minimum atomic E-state index is -0.711. The molecule has 1 saturated heterocycles. The van der Waals surface area contributed by atoms with Gasteiger partial charge in [-0.05, 0) is 60.0 Å². The lowest BCUT2D eigenvalue weighted by Gasteiger charge is -2.32. The second-order valence-corrected chi connectivity index (χ2v) is 9.24. The Bertz CT molecular complexity index is 840. The molecule has 0 saturated carbocycles. The number of carbonyl (C=O) groups excluding carboxylic acids is 1. The van der Waals surface area contributed by atoms with Gasteiger partial charge in [0.1, 0.15) is 16.8 Å². The summed E-state index contributed by atoms with van der Waals surface area (Å²) in [6.45, 7) is 13.2. The highest BCUT2D eigenvalue weighted by atomic mass is 35.5. The first-order chi connectivity index (χ1) is 13.2. The van der Waals surface area contributed by atoms with Crippen molar-refractivity contribution in [2.75, 3.05) is 6.54 Å². The number of nitrogens with zero attached hydrogens (tertiary/aromatic N) is 2. The molecule has 0 unspecified atom stereocenters. The van der Waals surface area contributed by atoms with Gasteiger partial charge >= 0.3 is 13.2 Å². The molecule has 1 amide bonds. The molecule has 0 spiro atoms. The molecule has 1 fully saturated rings. The Balaban J connectivity index is 2.34. The van der Waals surface area contributed by atoms with Gasteiger partial charge in [-0.15, -0.1) is 0 Å². The van der Waals surface area contributed by atoms with Crippen molar-refractivity contribution in [2.45, 2.75) is 65.3 Å². The van der Waals surface area contributed by atoms with Gasteiger partial charge in [-0.25, -0.2) is 9.78 Å². The molecule has 1 aromatic heterocycles. The quantitative estimate of drug-likeness (QED) is 0.582. The van der Waals surface area contributed by atoms with Crippen LogP contribution in [0.3, 0.4) is 0 Å². The fourth-order valence-corrected chi connectivity index (χ4v) is 2.67. The van der Waals surface area contributed by atoms with Gasteiger partial charge in [0.2, 0.25) is 0 Å². The van der Waals surface area contributed by atoms with Crippen molar-refractivity contribution in [3.8, 4) is 6.07 Å². The van der Waals surface area contributed by atoms with Crippen LogP contribution in [0.25, 0.3) is 6.08 Å². The van der Waals surface area contributed by atoms with E-state index in [-0.39, 0.29) is 11.7 Å². The van der Waals surface area contributed by atoms with Crippen LogP contribution in [0.5, 0.6) is 0 Å². The number of rotatable bonds is 4. The van der Waals surface area contributed by atoms with E-state index in [1.807, 2.05) is 33.8 Å². The van der Waals surface area contributed by atoms with Gasteiger partial charge < -0.3 is 19.4 Å². The van der Waals surface area contributed by atoms with Gasteiger partial charge in [0.25, 0.3) is 0 Å². The van der Waals surface area contributed by atoms with Crippen molar-refractivity contribution in [1.29, 1.82) is 5.26 Å². The molecule has 0 radical (unpaired) electrons. The van der Waals surface area contributed by atoms with Crippen LogP contribution in [-0.4, -0.2) is 41.5 Å². The van der Waals surface area contributed by atoms with Crippen LogP contribution < -0.4 is 5.32 Å². The molecule has 2 heterocycles. The lowest BCUT2D eigenvalue weighted by atomic mass is 9.77. The van der Waals surface area contributed by atoms with E-state index < -0.39 is 30.0 Å². The van der Waals surface area contributed by atoms with Crippen molar-refractivity contribution in [3.63, 3.8) is 0 Å². The van der Waals surface area contributed by atoms with Crippen molar-refractivity contribution in [2.24, 2.45) is 0 Å². The predicted molar refractivity (Wildman–Crippen MR) is 112 cm³/mol. The number of pyridine rings is 1. The summed E-state index contributed by atoms with van der Waals surface area (Å²) in [5.74, 6) is 0. The predicted octanol–water partition coefficient (Wildman–Crippen LogP) is 4.15. The van der Waals surface area contributed by atoms with Gasteiger partial charge in [-0.1, -0.05) is 17.7 Å². The van der Waals surface area contributed by atoms with Crippen LogP contribution >= 0.6 is 11.6 Å². The van der Waals surface area contributed by atoms with Crippen LogP contribution in [0.15, 0.2) is 17.7 Å². The summed E-state index contributed by atoms with van der Waals surface area (Å²) in [4.78, 5) is 16.2. The summed E-state index contributed by atoms with van der Waals surface area (Å²) < 4.78 is 17.5. The van der Waals surface area contributed by atoms with E-state index >= 15 is 0 Å². The third kappa shape index (κ3) is 5.95. The monoisotopic (exact) mass is 419 g/mol. The number of halogens is 1. The number of hydrogen-bond acceptors (Lipinski definition) is 6. The molecule has 29 heavy (non-hydrogen) atoms. The van der Waals surface area contributed by atoms with E-state index in [0.717, 1.165) is 0 Å². The van der Waals surface area contributed by atoms with Crippen molar-refractivity contribution < 1.29 is 18.8 Å². The number of alkyl carbamates (subject to hydrolysis) is 1. The third-order valence-electron chi connectivity index (χ3n) is 4.73. The van der Waals surface area contributed by atoms with Crippen molar-refractivity contribution in [1.82, 2.24) is 10.3 Å². The van der Waals surface area contributed by atoms with Crippen LogP contribution in [0.4, 0.5) is 4.79 Å². The summed E-state index contributed by atoms with van der Waals surface area (Å²) in [6.07, 6.45) is 2.55. The SMILES string of the molecule is CC(C)(C)OC(=O)NCC(=Cc1cc(C#N)cnc1Cl)B1OC(C)(C)C(C)(C)O1. The largest absolute Gasteiger partial charge is 0.492 e. The molecule has 2 rings (SSSR count). The maximum atomic E-state index is 12.1. The molecule has 9 heteroatoms. The van der Waals surface area contributed by atoms with Crippen molar-refractivity contribution >= 4 is 30.9 Å². The van der Waals surface area contributed by atoms with Gasteiger partial charge in [0.05, 0.1) is 16.8 Å². The minimum absolute atomic E-state index is 0.110. The number of amides is 1. The zero-order chi connectivity index (χ0) is 22.0. The standard InChI is InChI=1S/C20H27BClN3O4/c1-18(2,3)27-17(26)25-12-15(21-28-19(4,5)20(6,7)29-21)9-14-8-13(10-23)11-24-16(14)22/h8-9,11H,12H2,1-7H3,(H,25,26). The smallest absolute Gasteiger partial charge is 0.444 e. The average molecular weight is 420 g/mol. The maximum Gasteiger partial charge on any atom is 0.492 e. The second-order valence-electron chi connectivity index (χ2n) is 8.88. The number of nitrogens with one attached hydrogen (secondary N) is 1. The Morgan fingerprint density at radius 1 is 1.34 bits per heavy atom. The molecule has 0 aromatic carbocycles. The molecular weight excluding hydrogens is 393 g/mol. The maximum absolute atomic E-state index is 12.1. The number of carbonyl (C=O) groups is 1. The molecule has 1 N–H and O–H groups in total. The Morgan fingerprint density at radius 3 is 2.45 bits per heavy atom. The van der Waals surface area contributed by atoms with Gasteiger partial charge in [-0.3, -0.25) is 0 Å². The van der Waals surface area contributed by atoms with Crippen molar-refractivity contribution in [3.05, 3.63) is 34.0 Å². The highest BCUT2D eigenvalue weighted by Crippen LogP contribution is 2.39. The first-order valence-electron chi connectivity index (χ1n) is 9.33. The van der Waals surface area contributed by atoms with Crippen LogP contribution in [0.1, 0.15) is 59.6 Å². The lowest BCUT2D eigenvalue weighted by molar-refractivity contribution is 0.00578. The zero-order valence-corrected chi connectivity index (χ0v) is 18.7. The molecule has 0 atom stereocenters. The van der Waals surface area contributed by atoms with E-state index in [1.54, 1.807) is 32.9 Å². The fourth-order valence-electron chi connectivity index (χ4n) is 2.51. The summed E-state index contributed by atoms with van der Waals surface area (Å²) in [5, 5.41) is 12.1. The molecule has 0 bridgehead atoms. The Hall–Kier alpha value is -2.08. The number of nitriles is 1.